The normalized spacial score (nSPS) is 20.5. The van der Waals surface area contributed by atoms with E-state index in [-0.39, 0.29) is 13.0 Å². The van der Waals surface area contributed by atoms with E-state index in [1.165, 1.54) is 0 Å². The van der Waals surface area contributed by atoms with Gasteiger partial charge in [0.15, 0.2) is 0 Å². The van der Waals surface area contributed by atoms with Gasteiger partial charge in [0, 0.05) is 13.0 Å². The van der Waals surface area contributed by atoms with Crippen molar-refractivity contribution in [3.8, 4) is 0 Å². The van der Waals surface area contributed by atoms with Crippen LogP contribution in [-0.2, 0) is 15.1 Å². The van der Waals surface area contributed by atoms with Crippen LogP contribution in [-0.4, -0.2) is 29.7 Å². The molecule has 0 aromatic rings. The number of hydrogen-bond donors (Lipinski definition) is 1. The summed E-state index contributed by atoms with van der Waals surface area (Å²) in [5, 5.41) is 0. The highest BCUT2D eigenvalue weighted by Gasteiger charge is 2.27. The lowest BCUT2D eigenvalue weighted by Crippen LogP contribution is -2.39. The summed E-state index contributed by atoms with van der Waals surface area (Å²) in [5.74, 6) is -0.515. The first-order valence-electron chi connectivity index (χ1n) is 3.30. The van der Waals surface area contributed by atoms with Crippen molar-refractivity contribution < 1.29 is 17.8 Å². The van der Waals surface area contributed by atoms with Crippen molar-refractivity contribution in [3.05, 3.63) is 0 Å². The predicted octanol–water partition coefficient (Wildman–Crippen LogP) is -0.198. The van der Waals surface area contributed by atoms with Crippen LogP contribution in [0.2, 0.25) is 0 Å². The molecule has 5 nitrogen and oxygen atoms in total. The zero-order valence-electron chi connectivity index (χ0n) is 5.86. The average Bonchev–Trinajstić information content (AvgIpc) is 1.86. The molecule has 1 aliphatic heterocycles. The first kappa shape index (κ1) is 8.48. The summed E-state index contributed by atoms with van der Waals surface area (Å²) < 4.78 is 29.9. The maximum atomic E-state index is 10.8. The third kappa shape index (κ3) is 1.90. The highest BCUT2D eigenvalue weighted by atomic mass is 32.2. The first-order chi connectivity index (χ1) is 5.02. The van der Waals surface area contributed by atoms with Crippen LogP contribution in [0.25, 0.3) is 0 Å². The van der Waals surface area contributed by atoms with Crippen molar-refractivity contribution in [1.82, 2.24) is 4.31 Å². The van der Waals surface area contributed by atoms with Gasteiger partial charge < -0.3 is 0 Å². The molecule has 6 heteroatoms. The molecule has 0 bridgehead atoms. The van der Waals surface area contributed by atoms with E-state index in [1.54, 1.807) is 0 Å². The summed E-state index contributed by atoms with van der Waals surface area (Å²) in [6, 6.07) is 0. The molecule has 1 fully saturated rings. The monoisotopic (exact) mass is 179 g/mol. The minimum absolute atomic E-state index is 0.109. The number of amides is 1. The summed E-state index contributed by atoms with van der Waals surface area (Å²) in [7, 11) is -4.29. The second-order valence-electron chi connectivity index (χ2n) is 2.40. The van der Waals surface area contributed by atoms with E-state index in [2.05, 4.69) is 0 Å². The maximum Gasteiger partial charge on any atom is 0.362 e. The van der Waals surface area contributed by atoms with E-state index in [4.69, 9.17) is 4.55 Å². The Morgan fingerprint density at radius 1 is 1.36 bits per heavy atom. The second kappa shape index (κ2) is 2.78. The third-order valence-electron chi connectivity index (χ3n) is 1.56. The summed E-state index contributed by atoms with van der Waals surface area (Å²) in [6.07, 6.45) is 1.54. The lowest BCUT2D eigenvalue weighted by atomic mass is 10.2. The number of piperidine rings is 1. The maximum absolute atomic E-state index is 10.8. The molecule has 1 amide bonds. The fraction of sp³-hybridized carbons (Fsp3) is 0.800. The molecule has 0 spiro atoms. The molecule has 0 aromatic carbocycles. The van der Waals surface area contributed by atoms with E-state index in [0.717, 1.165) is 0 Å². The molecule has 1 N–H and O–H groups in total. The molecule has 0 atom stereocenters. The van der Waals surface area contributed by atoms with Crippen LogP contribution in [0, 0.1) is 0 Å². The molecule has 0 aliphatic carbocycles. The van der Waals surface area contributed by atoms with Gasteiger partial charge in [-0.2, -0.15) is 8.42 Å². The number of nitrogens with zero attached hydrogens (tertiary/aromatic N) is 1. The van der Waals surface area contributed by atoms with Crippen molar-refractivity contribution in [2.75, 3.05) is 6.54 Å². The fourth-order valence-corrected chi connectivity index (χ4v) is 1.73. The molecule has 0 unspecified atom stereocenters. The SMILES string of the molecule is O=C1CCCCN1S(=O)(=O)O. The molecule has 64 valence electrons. The van der Waals surface area contributed by atoms with Gasteiger partial charge in [0.25, 0.3) is 0 Å². The molecule has 11 heavy (non-hydrogen) atoms. The Morgan fingerprint density at radius 2 is 2.00 bits per heavy atom. The van der Waals surface area contributed by atoms with Gasteiger partial charge in [-0.1, -0.05) is 0 Å². The number of hydrogen-bond acceptors (Lipinski definition) is 3. The van der Waals surface area contributed by atoms with Gasteiger partial charge in [-0.05, 0) is 12.8 Å². The number of rotatable bonds is 1. The molecule has 1 heterocycles. The summed E-state index contributed by atoms with van der Waals surface area (Å²) >= 11 is 0. The van der Waals surface area contributed by atoms with Gasteiger partial charge in [0.2, 0.25) is 5.91 Å². The van der Waals surface area contributed by atoms with Gasteiger partial charge >= 0.3 is 10.3 Å². The zero-order valence-corrected chi connectivity index (χ0v) is 6.67. The minimum atomic E-state index is -4.29. The number of carbonyl (C=O) groups excluding carboxylic acids is 1. The lowest BCUT2D eigenvalue weighted by Gasteiger charge is -2.22. The lowest BCUT2D eigenvalue weighted by molar-refractivity contribution is -0.128. The predicted molar refractivity (Wildman–Crippen MR) is 37.1 cm³/mol. The molecule has 1 rings (SSSR count). The molecule has 0 radical (unpaired) electrons. The molecular formula is C5H9NO4S. The van der Waals surface area contributed by atoms with E-state index < -0.39 is 16.2 Å². The molecular weight excluding hydrogens is 170 g/mol. The zero-order chi connectivity index (χ0) is 8.48. The Balaban J connectivity index is 2.78. The molecule has 0 aromatic heterocycles. The Labute approximate surface area is 64.9 Å². The van der Waals surface area contributed by atoms with Crippen LogP contribution in [0.3, 0.4) is 0 Å². The van der Waals surface area contributed by atoms with Crippen LogP contribution in [0.5, 0.6) is 0 Å². The largest absolute Gasteiger partial charge is 0.362 e. The van der Waals surface area contributed by atoms with Crippen LogP contribution >= 0.6 is 0 Å². The van der Waals surface area contributed by atoms with E-state index in [0.29, 0.717) is 17.1 Å². The van der Waals surface area contributed by atoms with Crippen molar-refractivity contribution >= 4 is 16.2 Å². The van der Waals surface area contributed by atoms with Crippen LogP contribution in [0.1, 0.15) is 19.3 Å². The topological polar surface area (TPSA) is 74.7 Å². The van der Waals surface area contributed by atoms with Crippen LogP contribution in [0.4, 0.5) is 0 Å². The van der Waals surface area contributed by atoms with Gasteiger partial charge in [0.05, 0.1) is 0 Å². The van der Waals surface area contributed by atoms with E-state index >= 15 is 0 Å². The average molecular weight is 179 g/mol. The van der Waals surface area contributed by atoms with Crippen LogP contribution in [0.15, 0.2) is 0 Å². The Bertz CT molecular complexity index is 258. The van der Waals surface area contributed by atoms with Crippen molar-refractivity contribution in [3.63, 3.8) is 0 Å². The van der Waals surface area contributed by atoms with Gasteiger partial charge in [0.1, 0.15) is 0 Å². The van der Waals surface area contributed by atoms with Crippen molar-refractivity contribution in [2.45, 2.75) is 19.3 Å². The minimum Gasteiger partial charge on any atom is -0.274 e. The Hall–Kier alpha value is -0.620. The number of carbonyl (C=O) groups is 1. The first-order valence-corrected chi connectivity index (χ1v) is 4.69. The van der Waals surface area contributed by atoms with E-state index in [9.17, 15) is 13.2 Å². The van der Waals surface area contributed by atoms with Crippen molar-refractivity contribution in [1.29, 1.82) is 0 Å². The highest BCUT2D eigenvalue weighted by Crippen LogP contribution is 2.12. The smallest absolute Gasteiger partial charge is 0.274 e. The van der Waals surface area contributed by atoms with Gasteiger partial charge in [-0.3, -0.25) is 9.35 Å². The van der Waals surface area contributed by atoms with Crippen LogP contribution < -0.4 is 0 Å². The summed E-state index contributed by atoms with van der Waals surface area (Å²) in [6.45, 7) is 0.109. The molecule has 1 aliphatic rings. The highest BCUT2D eigenvalue weighted by molar-refractivity contribution is 7.84. The van der Waals surface area contributed by atoms with Gasteiger partial charge in [-0.15, -0.1) is 0 Å². The second-order valence-corrected chi connectivity index (χ2v) is 3.74. The van der Waals surface area contributed by atoms with Crippen molar-refractivity contribution in [2.24, 2.45) is 0 Å². The molecule has 0 saturated carbocycles. The quantitative estimate of drug-likeness (QED) is 0.566. The Kier molecular flexibility index (Phi) is 2.15. The summed E-state index contributed by atoms with van der Waals surface area (Å²) in [4.78, 5) is 10.8. The third-order valence-corrected chi connectivity index (χ3v) is 2.50. The summed E-state index contributed by atoms with van der Waals surface area (Å²) in [5.41, 5.74) is 0. The standard InChI is InChI=1S/C5H9NO4S/c7-5-3-1-2-4-6(5)11(8,9)10/h1-4H2,(H,8,9,10). The van der Waals surface area contributed by atoms with Gasteiger partial charge in [-0.25, -0.2) is 4.31 Å². The fourth-order valence-electron chi connectivity index (χ4n) is 1.03. The van der Waals surface area contributed by atoms with E-state index in [1.807, 2.05) is 0 Å². The molecule has 1 saturated heterocycles. The Morgan fingerprint density at radius 3 is 2.36 bits per heavy atom.